The van der Waals surface area contributed by atoms with Crippen LogP contribution in [0.2, 0.25) is 0 Å². The third-order valence-electron chi connectivity index (χ3n) is 19.1. The van der Waals surface area contributed by atoms with Gasteiger partial charge >= 0.3 is 12.1 Å². The Morgan fingerprint density at radius 2 is 0.952 bits per heavy atom. The third-order valence-corrected chi connectivity index (χ3v) is 19.1. The van der Waals surface area contributed by atoms with Gasteiger partial charge in [-0.15, -0.1) is 0 Å². The van der Waals surface area contributed by atoms with Crippen molar-refractivity contribution in [1.82, 2.24) is 4.90 Å². The first-order valence-corrected chi connectivity index (χ1v) is 26.8. The fourth-order valence-electron chi connectivity index (χ4n) is 14.8. The first-order chi connectivity index (χ1) is 29.8. The highest BCUT2D eigenvalue weighted by atomic mass is 16.7. The Hall–Kier alpha value is -1.60. The third kappa shape index (κ3) is 12.4. The molecule has 7 nitrogen and oxygen atoms in total. The lowest BCUT2D eigenvalue weighted by atomic mass is 9.58. The van der Waals surface area contributed by atoms with Crippen LogP contribution >= 0.6 is 0 Å². The number of esters is 1. The topological polar surface area (TPSA) is 74.3 Å². The van der Waals surface area contributed by atoms with Crippen LogP contribution in [0.4, 0.5) is 4.79 Å². The molecule has 0 bridgehead atoms. The molecule has 0 N–H and O–H groups in total. The molecule has 0 spiro atoms. The number of rotatable bonds is 12. The zero-order chi connectivity index (χ0) is 44.0. The number of nitrogens with zero attached hydrogens (tertiary/aromatic N) is 1. The summed E-state index contributed by atoms with van der Waals surface area (Å²) in [5.74, 6) is 5.58. The molecule has 0 aromatic rings. The fourth-order valence-corrected chi connectivity index (χ4v) is 14.8. The van der Waals surface area contributed by atoms with Crippen molar-refractivity contribution in [1.29, 1.82) is 0 Å². The van der Waals surface area contributed by atoms with Crippen molar-refractivity contribution in [3.8, 4) is 0 Å². The smallest absolute Gasteiger partial charge is 0.462 e. The molecular weight excluding hydrogens is 771 g/mol. The van der Waals surface area contributed by atoms with Gasteiger partial charge in [0.05, 0.1) is 6.10 Å². The van der Waals surface area contributed by atoms with Crippen LogP contribution in [0, 0.1) is 58.7 Å². The maximum Gasteiger partial charge on any atom is 0.508 e. The molecule has 7 fully saturated rings. The van der Waals surface area contributed by atoms with Crippen molar-refractivity contribution < 1.29 is 28.5 Å². The number of carbonyl (C=O) groups excluding carboxylic acids is 2. The fraction of sp³-hybridized carbons (Fsp3) is 0.927. The lowest BCUT2D eigenvalue weighted by molar-refractivity contribution is -0.152. The molecule has 0 aromatic carbocycles. The van der Waals surface area contributed by atoms with Gasteiger partial charge in [-0.1, -0.05) is 53.2 Å². The summed E-state index contributed by atoms with van der Waals surface area (Å²) in [6.07, 6.45) is 34.9. The average molecular weight is 864 g/mol. The standard InChI is InChI=1S/C55H93NO6/c1-36-9-21-46(22-10-36)56(47-23-11-37(2)12-24-47)48-25-13-41(14-26-48)35-51(42-15-27-49(59-8)28-16-42)43-17-29-50(30-18-43)61-54(58)62-53-32-20-45(34-39(53)4)55(6,7)44-19-31-52(38(3)33-44)60-40(5)57/h35-39,41-50,52-53H,9-34H2,1-8H3. The van der Waals surface area contributed by atoms with E-state index in [1.54, 1.807) is 5.57 Å². The van der Waals surface area contributed by atoms with Crippen LogP contribution in [0.1, 0.15) is 215 Å². The summed E-state index contributed by atoms with van der Waals surface area (Å²) in [7, 11) is 1.90. The van der Waals surface area contributed by atoms with E-state index >= 15 is 0 Å². The first-order valence-electron chi connectivity index (χ1n) is 26.8. The zero-order valence-electron chi connectivity index (χ0n) is 41.1. The number of ether oxygens (including phenoxy) is 4. The van der Waals surface area contributed by atoms with Crippen molar-refractivity contribution in [2.24, 2.45) is 58.7 Å². The molecule has 7 aliphatic carbocycles. The number of carbonyl (C=O) groups is 2. The zero-order valence-corrected chi connectivity index (χ0v) is 41.1. The van der Waals surface area contributed by atoms with Gasteiger partial charge in [-0.05, 0) is 226 Å². The summed E-state index contributed by atoms with van der Waals surface area (Å²) >= 11 is 0. The van der Waals surface area contributed by atoms with Crippen LogP contribution < -0.4 is 0 Å². The lowest BCUT2D eigenvalue weighted by Crippen LogP contribution is -2.52. The van der Waals surface area contributed by atoms with Gasteiger partial charge in [0.25, 0.3) is 0 Å². The first kappa shape index (κ1) is 48.3. The molecule has 0 radical (unpaired) electrons. The summed E-state index contributed by atoms with van der Waals surface area (Å²) in [5, 5.41) is 0. The molecule has 7 rings (SSSR count). The molecule has 0 amide bonds. The number of hydrogen-bond acceptors (Lipinski definition) is 7. The van der Waals surface area contributed by atoms with Gasteiger partial charge in [0.1, 0.15) is 18.3 Å². The van der Waals surface area contributed by atoms with Crippen molar-refractivity contribution in [2.45, 2.75) is 258 Å². The average Bonchev–Trinajstić information content (AvgIpc) is 3.26. The van der Waals surface area contributed by atoms with Gasteiger partial charge in [0, 0.05) is 32.2 Å². The molecular formula is C55H93NO6. The van der Waals surface area contributed by atoms with Crippen LogP contribution in [0.5, 0.6) is 0 Å². The van der Waals surface area contributed by atoms with Crippen LogP contribution in [0.15, 0.2) is 11.6 Å². The van der Waals surface area contributed by atoms with Crippen molar-refractivity contribution in [3.05, 3.63) is 11.6 Å². The SMILES string of the molecule is COC1CCC(C(=CC2CCC(N(C3CCC(C)CC3)C3CCC(C)CC3)CC2)C2CCC(OC(=O)OC3CCC(C(C)(C)C4CCC(OC(C)=O)C(C)C4)CC3C)CC2)CC1. The molecule has 0 saturated heterocycles. The Bertz CT molecular complexity index is 1400. The largest absolute Gasteiger partial charge is 0.508 e. The number of hydrogen-bond donors (Lipinski definition) is 0. The molecule has 62 heavy (non-hydrogen) atoms. The van der Waals surface area contributed by atoms with Crippen LogP contribution in [-0.2, 0) is 23.7 Å². The Balaban J connectivity index is 0.901. The molecule has 6 unspecified atom stereocenters. The van der Waals surface area contributed by atoms with Gasteiger partial charge in [0.15, 0.2) is 0 Å². The summed E-state index contributed by atoms with van der Waals surface area (Å²) in [4.78, 5) is 28.2. The van der Waals surface area contributed by atoms with Gasteiger partial charge in [-0.25, -0.2) is 4.79 Å². The van der Waals surface area contributed by atoms with E-state index in [0.717, 1.165) is 94.2 Å². The number of allylic oxidation sites excluding steroid dienone is 2. The Kier molecular flexibility index (Phi) is 17.4. The summed E-state index contributed by atoms with van der Waals surface area (Å²) < 4.78 is 23.8. The van der Waals surface area contributed by atoms with E-state index in [1.807, 2.05) is 7.11 Å². The molecule has 0 heterocycles. The highest BCUT2D eigenvalue weighted by Crippen LogP contribution is 2.51. The highest BCUT2D eigenvalue weighted by molar-refractivity contribution is 5.66. The Labute approximate surface area is 379 Å². The van der Waals surface area contributed by atoms with Crippen LogP contribution in [-0.4, -0.2) is 66.7 Å². The maximum absolute atomic E-state index is 13.4. The van der Waals surface area contributed by atoms with Crippen LogP contribution in [0.25, 0.3) is 0 Å². The van der Waals surface area contributed by atoms with E-state index in [4.69, 9.17) is 18.9 Å². The van der Waals surface area contributed by atoms with Gasteiger partial charge in [-0.2, -0.15) is 0 Å². The minimum absolute atomic E-state index is 0.0362. The predicted molar refractivity (Wildman–Crippen MR) is 251 cm³/mol. The summed E-state index contributed by atoms with van der Waals surface area (Å²) in [5.41, 5.74) is 1.97. The molecule has 0 aromatic heterocycles. The second-order valence-corrected chi connectivity index (χ2v) is 23.7. The Morgan fingerprint density at radius 1 is 0.516 bits per heavy atom. The normalized spacial score (nSPS) is 41.6. The molecule has 0 aliphatic heterocycles. The summed E-state index contributed by atoms with van der Waals surface area (Å²) in [6, 6.07) is 2.42. The molecule has 7 aliphatic rings. The molecule has 354 valence electrons. The quantitative estimate of drug-likeness (QED) is 0.143. The van der Waals surface area contributed by atoms with E-state index in [-0.39, 0.29) is 29.7 Å². The Morgan fingerprint density at radius 3 is 1.39 bits per heavy atom. The second kappa shape index (κ2) is 22.3. The van der Waals surface area contributed by atoms with Gasteiger partial charge in [-0.3, -0.25) is 9.69 Å². The molecule has 7 saturated carbocycles. The minimum atomic E-state index is -0.439. The van der Waals surface area contributed by atoms with Crippen molar-refractivity contribution in [2.75, 3.05) is 7.11 Å². The summed E-state index contributed by atoms with van der Waals surface area (Å²) in [6.45, 7) is 15.9. The molecule has 6 atom stereocenters. The maximum atomic E-state index is 13.4. The van der Waals surface area contributed by atoms with E-state index in [0.29, 0.717) is 47.5 Å². The van der Waals surface area contributed by atoms with Crippen molar-refractivity contribution in [3.63, 3.8) is 0 Å². The predicted octanol–water partition coefficient (Wildman–Crippen LogP) is 14.0. The van der Waals surface area contributed by atoms with Crippen LogP contribution in [0.3, 0.4) is 0 Å². The molecule has 7 heteroatoms. The highest BCUT2D eigenvalue weighted by Gasteiger charge is 2.45. The van der Waals surface area contributed by atoms with Crippen molar-refractivity contribution >= 4 is 12.1 Å². The van der Waals surface area contributed by atoms with Gasteiger partial charge < -0.3 is 18.9 Å². The van der Waals surface area contributed by atoms with E-state index < -0.39 is 6.16 Å². The monoisotopic (exact) mass is 864 g/mol. The van der Waals surface area contributed by atoms with E-state index in [9.17, 15) is 9.59 Å². The lowest BCUT2D eigenvalue weighted by Gasteiger charge is -2.49. The second-order valence-electron chi connectivity index (χ2n) is 23.7. The van der Waals surface area contributed by atoms with Gasteiger partial charge in [0.2, 0.25) is 0 Å². The number of methoxy groups -OCH3 is 1. The minimum Gasteiger partial charge on any atom is -0.462 e. The van der Waals surface area contributed by atoms with E-state index in [2.05, 4.69) is 52.5 Å². The van der Waals surface area contributed by atoms with E-state index in [1.165, 1.54) is 110 Å².